The van der Waals surface area contributed by atoms with Gasteiger partial charge in [-0.05, 0) is 37.6 Å². The smallest absolute Gasteiger partial charge is 0.0808 e. The van der Waals surface area contributed by atoms with Crippen LogP contribution in [0.5, 0.6) is 0 Å². The van der Waals surface area contributed by atoms with E-state index in [1.807, 2.05) is 0 Å². The average molecular weight is 241 g/mol. The van der Waals surface area contributed by atoms with Crippen LogP contribution < -0.4 is 5.32 Å². The van der Waals surface area contributed by atoms with Crippen LogP contribution in [0.3, 0.4) is 0 Å². The largest absolute Gasteiger partial charge is 0.373 e. The van der Waals surface area contributed by atoms with Gasteiger partial charge in [0, 0.05) is 13.2 Å². The van der Waals surface area contributed by atoms with Crippen molar-refractivity contribution in [3.05, 3.63) is 0 Å². The maximum absolute atomic E-state index is 6.29. The predicted molar refractivity (Wildman–Crippen MR) is 74.3 cm³/mol. The highest BCUT2D eigenvalue weighted by Gasteiger charge is 2.35. The first kappa shape index (κ1) is 15.0. The molecule has 17 heavy (non-hydrogen) atoms. The lowest BCUT2D eigenvalue weighted by atomic mass is 9.78. The van der Waals surface area contributed by atoms with Crippen molar-refractivity contribution in [2.24, 2.45) is 11.8 Å². The minimum absolute atomic E-state index is 0.122. The zero-order valence-electron chi connectivity index (χ0n) is 12.2. The first-order chi connectivity index (χ1) is 8.08. The molecule has 1 rings (SSSR count). The van der Waals surface area contributed by atoms with E-state index in [1.54, 1.807) is 0 Å². The Morgan fingerprint density at radius 3 is 2.76 bits per heavy atom. The lowest BCUT2D eigenvalue weighted by molar-refractivity contribution is -0.0882. The lowest BCUT2D eigenvalue weighted by Gasteiger charge is -2.40. The van der Waals surface area contributed by atoms with Crippen LogP contribution in [-0.4, -0.2) is 25.3 Å². The van der Waals surface area contributed by atoms with Crippen LogP contribution in [0, 0.1) is 11.8 Å². The van der Waals surface area contributed by atoms with Crippen molar-refractivity contribution in [1.29, 1.82) is 0 Å². The van der Waals surface area contributed by atoms with E-state index in [0.717, 1.165) is 25.6 Å². The second-order valence-electron chi connectivity index (χ2n) is 6.27. The fraction of sp³-hybridized carbons (Fsp3) is 1.00. The molecule has 1 aliphatic carbocycles. The van der Waals surface area contributed by atoms with Gasteiger partial charge in [0.15, 0.2) is 0 Å². The Morgan fingerprint density at radius 2 is 2.18 bits per heavy atom. The van der Waals surface area contributed by atoms with Crippen LogP contribution in [0.2, 0.25) is 0 Å². The van der Waals surface area contributed by atoms with E-state index in [4.69, 9.17) is 4.74 Å². The third-order valence-electron chi connectivity index (χ3n) is 3.65. The molecule has 1 fully saturated rings. The van der Waals surface area contributed by atoms with E-state index in [-0.39, 0.29) is 5.60 Å². The average Bonchev–Trinajstić information content (AvgIpc) is 2.27. The molecule has 0 bridgehead atoms. The molecule has 102 valence electrons. The Hall–Kier alpha value is -0.0800. The van der Waals surface area contributed by atoms with Crippen molar-refractivity contribution < 1.29 is 4.74 Å². The fourth-order valence-electron chi connectivity index (χ4n) is 2.79. The third kappa shape index (κ3) is 5.39. The SMILES string of the molecule is CCCNCC1(OCC(C)C)CCCC(C)C1. The Bertz CT molecular complexity index is 205. The second kappa shape index (κ2) is 7.38. The summed E-state index contributed by atoms with van der Waals surface area (Å²) in [7, 11) is 0. The van der Waals surface area contributed by atoms with Crippen molar-refractivity contribution in [3.63, 3.8) is 0 Å². The molecule has 2 atom stereocenters. The van der Waals surface area contributed by atoms with Crippen LogP contribution in [0.25, 0.3) is 0 Å². The number of hydrogen-bond donors (Lipinski definition) is 1. The molecule has 0 aromatic carbocycles. The number of nitrogens with one attached hydrogen (secondary N) is 1. The summed E-state index contributed by atoms with van der Waals surface area (Å²) in [6, 6.07) is 0. The molecular weight excluding hydrogens is 210 g/mol. The van der Waals surface area contributed by atoms with Crippen molar-refractivity contribution >= 4 is 0 Å². The Labute approximate surface area is 108 Å². The summed E-state index contributed by atoms with van der Waals surface area (Å²) in [5, 5.41) is 3.56. The molecule has 0 radical (unpaired) electrons. The second-order valence-corrected chi connectivity index (χ2v) is 6.27. The van der Waals surface area contributed by atoms with Crippen molar-refractivity contribution in [3.8, 4) is 0 Å². The molecule has 1 aliphatic rings. The van der Waals surface area contributed by atoms with Crippen molar-refractivity contribution in [2.75, 3.05) is 19.7 Å². The fourth-order valence-corrected chi connectivity index (χ4v) is 2.79. The summed E-state index contributed by atoms with van der Waals surface area (Å²) >= 11 is 0. The molecule has 0 aliphatic heterocycles. The molecule has 0 aromatic rings. The zero-order chi connectivity index (χ0) is 12.7. The predicted octanol–water partition coefficient (Wildman–Crippen LogP) is 3.61. The molecule has 1 saturated carbocycles. The molecule has 0 heterocycles. The highest BCUT2D eigenvalue weighted by Crippen LogP contribution is 2.35. The number of rotatable bonds is 7. The van der Waals surface area contributed by atoms with Gasteiger partial charge in [-0.3, -0.25) is 0 Å². The molecule has 1 N–H and O–H groups in total. The molecule has 0 saturated heterocycles. The van der Waals surface area contributed by atoms with Crippen LogP contribution in [0.15, 0.2) is 0 Å². The molecule has 2 unspecified atom stereocenters. The highest BCUT2D eigenvalue weighted by atomic mass is 16.5. The highest BCUT2D eigenvalue weighted by molar-refractivity contribution is 4.89. The van der Waals surface area contributed by atoms with E-state index < -0.39 is 0 Å². The van der Waals surface area contributed by atoms with Crippen LogP contribution >= 0.6 is 0 Å². The van der Waals surface area contributed by atoms with E-state index >= 15 is 0 Å². The Morgan fingerprint density at radius 1 is 1.41 bits per heavy atom. The van der Waals surface area contributed by atoms with Crippen LogP contribution in [0.1, 0.15) is 59.8 Å². The number of ether oxygens (including phenoxy) is 1. The summed E-state index contributed by atoms with van der Waals surface area (Å²) in [4.78, 5) is 0. The lowest BCUT2D eigenvalue weighted by Crippen LogP contribution is -2.47. The molecule has 0 spiro atoms. The monoisotopic (exact) mass is 241 g/mol. The van der Waals surface area contributed by atoms with Gasteiger partial charge in [-0.1, -0.05) is 40.5 Å². The van der Waals surface area contributed by atoms with Gasteiger partial charge in [0.2, 0.25) is 0 Å². The van der Waals surface area contributed by atoms with Crippen molar-refractivity contribution in [1.82, 2.24) is 5.32 Å². The minimum atomic E-state index is 0.122. The summed E-state index contributed by atoms with van der Waals surface area (Å²) in [6.07, 6.45) is 6.38. The normalized spacial score (nSPS) is 29.8. The van der Waals surface area contributed by atoms with E-state index in [0.29, 0.717) is 5.92 Å². The quantitative estimate of drug-likeness (QED) is 0.688. The Kier molecular flexibility index (Phi) is 6.50. The number of hydrogen-bond acceptors (Lipinski definition) is 2. The Balaban J connectivity index is 2.49. The van der Waals surface area contributed by atoms with Crippen LogP contribution in [0.4, 0.5) is 0 Å². The van der Waals surface area contributed by atoms with Gasteiger partial charge in [0.1, 0.15) is 0 Å². The van der Waals surface area contributed by atoms with Gasteiger partial charge in [-0.15, -0.1) is 0 Å². The summed E-state index contributed by atoms with van der Waals surface area (Å²) < 4.78 is 6.29. The molecule has 0 amide bonds. The van der Waals surface area contributed by atoms with Gasteiger partial charge in [-0.25, -0.2) is 0 Å². The van der Waals surface area contributed by atoms with Gasteiger partial charge in [-0.2, -0.15) is 0 Å². The van der Waals surface area contributed by atoms with E-state index in [2.05, 4.69) is 33.0 Å². The van der Waals surface area contributed by atoms with E-state index in [9.17, 15) is 0 Å². The first-order valence-electron chi connectivity index (χ1n) is 7.42. The van der Waals surface area contributed by atoms with E-state index in [1.165, 1.54) is 32.1 Å². The van der Waals surface area contributed by atoms with Gasteiger partial charge in [0.05, 0.1) is 5.60 Å². The molecular formula is C15H31NO. The molecule has 2 heteroatoms. The maximum atomic E-state index is 6.29. The van der Waals surface area contributed by atoms with Crippen molar-refractivity contribution in [2.45, 2.75) is 65.4 Å². The third-order valence-corrected chi connectivity index (χ3v) is 3.65. The van der Waals surface area contributed by atoms with Gasteiger partial charge in [0.25, 0.3) is 0 Å². The topological polar surface area (TPSA) is 21.3 Å². The summed E-state index contributed by atoms with van der Waals surface area (Å²) in [6.45, 7) is 12.1. The first-order valence-corrected chi connectivity index (χ1v) is 7.42. The van der Waals surface area contributed by atoms with Gasteiger partial charge < -0.3 is 10.1 Å². The summed E-state index contributed by atoms with van der Waals surface area (Å²) in [5.74, 6) is 1.45. The standard InChI is InChI=1S/C15H31NO/c1-5-9-16-12-15(17-11-13(2)3)8-6-7-14(4)10-15/h13-14,16H,5-12H2,1-4H3. The van der Waals surface area contributed by atoms with Gasteiger partial charge >= 0.3 is 0 Å². The molecule has 0 aromatic heterocycles. The molecule has 2 nitrogen and oxygen atoms in total. The van der Waals surface area contributed by atoms with Crippen LogP contribution in [-0.2, 0) is 4.74 Å². The summed E-state index contributed by atoms with van der Waals surface area (Å²) in [5.41, 5.74) is 0.122. The zero-order valence-corrected chi connectivity index (χ0v) is 12.2. The maximum Gasteiger partial charge on any atom is 0.0808 e. The minimum Gasteiger partial charge on any atom is -0.373 e.